The largest absolute Gasteiger partial charge is 0.394 e. The first-order valence-corrected chi connectivity index (χ1v) is 6.32. The topological polar surface area (TPSA) is 40.5 Å². The van der Waals surface area contributed by atoms with Crippen LogP contribution in [0.4, 0.5) is 0 Å². The van der Waals surface area contributed by atoms with Gasteiger partial charge >= 0.3 is 0 Å². The molecule has 1 N–H and O–H groups in total. The smallest absolute Gasteiger partial charge is 0.246 e. The van der Waals surface area contributed by atoms with E-state index in [2.05, 4.69) is 0 Å². The Balaban J connectivity index is 1.97. The van der Waals surface area contributed by atoms with Gasteiger partial charge in [-0.1, -0.05) is 6.07 Å². The summed E-state index contributed by atoms with van der Waals surface area (Å²) in [5.41, 5.74) is 0. The van der Waals surface area contributed by atoms with Gasteiger partial charge in [0.05, 0.1) is 12.6 Å². The third-order valence-corrected chi connectivity index (χ3v) is 3.64. The first-order chi connectivity index (χ1) is 7.81. The average molecular weight is 237 g/mol. The summed E-state index contributed by atoms with van der Waals surface area (Å²) in [5.74, 6) is 0.00458. The number of hydrogen-bond donors (Lipinski definition) is 1. The van der Waals surface area contributed by atoms with Crippen LogP contribution in [0.15, 0.2) is 23.6 Å². The highest BCUT2D eigenvalue weighted by molar-refractivity contribution is 7.10. The number of carbonyl (C=O) groups excluding carboxylic acids is 1. The molecule has 0 aromatic carbocycles. The maximum atomic E-state index is 11.8. The van der Waals surface area contributed by atoms with Gasteiger partial charge in [-0.25, -0.2) is 0 Å². The van der Waals surface area contributed by atoms with Gasteiger partial charge < -0.3 is 10.0 Å². The SMILES string of the molecule is O=C(C=Cc1cccs1)N1CCC[C@@H]1CO. The van der Waals surface area contributed by atoms with Crippen molar-refractivity contribution in [1.29, 1.82) is 0 Å². The molecule has 1 fully saturated rings. The zero-order chi connectivity index (χ0) is 11.4. The first kappa shape index (κ1) is 11.4. The molecule has 1 amide bonds. The van der Waals surface area contributed by atoms with Gasteiger partial charge in [-0.15, -0.1) is 11.3 Å². The number of carbonyl (C=O) groups is 1. The Hall–Kier alpha value is -1.13. The van der Waals surface area contributed by atoms with Crippen molar-refractivity contribution in [2.45, 2.75) is 18.9 Å². The van der Waals surface area contributed by atoms with Crippen LogP contribution in [0.5, 0.6) is 0 Å². The molecule has 86 valence electrons. The molecule has 0 radical (unpaired) electrons. The van der Waals surface area contributed by atoms with Crippen LogP contribution in [-0.2, 0) is 4.79 Å². The van der Waals surface area contributed by atoms with Crippen molar-refractivity contribution in [3.63, 3.8) is 0 Å². The predicted molar refractivity (Wildman–Crippen MR) is 65.2 cm³/mol. The molecule has 16 heavy (non-hydrogen) atoms. The summed E-state index contributed by atoms with van der Waals surface area (Å²) in [5, 5.41) is 11.1. The normalized spacial score (nSPS) is 20.8. The zero-order valence-electron chi connectivity index (χ0n) is 9.00. The molecule has 1 aromatic rings. The van der Waals surface area contributed by atoms with Gasteiger partial charge in [-0.05, 0) is 30.4 Å². The summed E-state index contributed by atoms with van der Waals surface area (Å²) in [6, 6.07) is 3.95. The molecule has 2 rings (SSSR count). The number of hydrogen-bond acceptors (Lipinski definition) is 3. The number of rotatable bonds is 3. The number of amides is 1. The van der Waals surface area contributed by atoms with E-state index in [-0.39, 0.29) is 18.6 Å². The van der Waals surface area contributed by atoms with Crippen LogP contribution in [0.3, 0.4) is 0 Å². The Bertz CT molecular complexity index is 372. The lowest BCUT2D eigenvalue weighted by Crippen LogP contribution is -2.36. The molecule has 1 atom stereocenters. The van der Waals surface area contributed by atoms with E-state index in [1.807, 2.05) is 23.6 Å². The van der Waals surface area contributed by atoms with Gasteiger partial charge in [0.2, 0.25) is 5.91 Å². The lowest BCUT2D eigenvalue weighted by atomic mass is 10.2. The monoisotopic (exact) mass is 237 g/mol. The van der Waals surface area contributed by atoms with Crippen molar-refractivity contribution in [3.8, 4) is 0 Å². The summed E-state index contributed by atoms with van der Waals surface area (Å²) in [7, 11) is 0. The molecule has 1 saturated heterocycles. The van der Waals surface area contributed by atoms with E-state index < -0.39 is 0 Å². The van der Waals surface area contributed by atoms with Crippen molar-refractivity contribution < 1.29 is 9.90 Å². The molecule has 1 aliphatic heterocycles. The van der Waals surface area contributed by atoms with E-state index in [1.54, 1.807) is 22.3 Å². The van der Waals surface area contributed by atoms with Crippen molar-refractivity contribution in [3.05, 3.63) is 28.5 Å². The molecule has 0 aliphatic carbocycles. The Morgan fingerprint density at radius 3 is 3.25 bits per heavy atom. The Morgan fingerprint density at radius 2 is 2.56 bits per heavy atom. The fourth-order valence-electron chi connectivity index (χ4n) is 1.95. The second-order valence-electron chi connectivity index (χ2n) is 3.86. The van der Waals surface area contributed by atoms with Crippen LogP contribution in [0, 0.1) is 0 Å². The number of aliphatic hydroxyl groups is 1. The third kappa shape index (κ3) is 2.51. The lowest BCUT2D eigenvalue weighted by Gasteiger charge is -2.21. The van der Waals surface area contributed by atoms with Gasteiger partial charge in [0.25, 0.3) is 0 Å². The van der Waals surface area contributed by atoms with E-state index >= 15 is 0 Å². The average Bonchev–Trinajstić information content (AvgIpc) is 2.96. The van der Waals surface area contributed by atoms with E-state index in [1.165, 1.54) is 0 Å². The summed E-state index contributed by atoms with van der Waals surface area (Å²) in [6.45, 7) is 0.831. The highest BCUT2D eigenvalue weighted by Crippen LogP contribution is 2.18. The standard InChI is InChI=1S/C12H15NO2S/c14-9-10-3-1-7-13(10)12(15)6-5-11-4-2-8-16-11/h2,4-6,8,10,14H,1,3,7,9H2/t10-/m1/s1. The molecule has 2 heterocycles. The van der Waals surface area contributed by atoms with Crippen molar-refractivity contribution in [1.82, 2.24) is 4.90 Å². The first-order valence-electron chi connectivity index (χ1n) is 5.44. The van der Waals surface area contributed by atoms with E-state index in [4.69, 9.17) is 5.11 Å². The minimum atomic E-state index is 0.00458. The van der Waals surface area contributed by atoms with Crippen LogP contribution in [-0.4, -0.2) is 35.1 Å². The van der Waals surface area contributed by atoms with Gasteiger partial charge in [0.1, 0.15) is 0 Å². The molecule has 0 spiro atoms. The lowest BCUT2D eigenvalue weighted by molar-refractivity contribution is -0.127. The van der Waals surface area contributed by atoms with Gasteiger partial charge in [-0.2, -0.15) is 0 Å². The van der Waals surface area contributed by atoms with Crippen LogP contribution in [0.2, 0.25) is 0 Å². The summed E-state index contributed by atoms with van der Waals surface area (Å²) < 4.78 is 0. The minimum absolute atomic E-state index is 0.00458. The van der Waals surface area contributed by atoms with Gasteiger partial charge in [0, 0.05) is 17.5 Å². The maximum Gasteiger partial charge on any atom is 0.246 e. The highest BCUT2D eigenvalue weighted by Gasteiger charge is 2.26. The van der Waals surface area contributed by atoms with Crippen molar-refractivity contribution in [2.75, 3.05) is 13.2 Å². The Kier molecular flexibility index (Phi) is 3.74. The molecule has 1 aliphatic rings. The van der Waals surface area contributed by atoms with E-state index in [0.717, 1.165) is 24.3 Å². The molecular formula is C12H15NO2S. The molecule has 0 saturated carbocycles. The predicted octanol–water partition coefficient (Wildman–Crippen LogP) is 1.74. The Morgan fingerprint density at radius 1 is 1.69 bits per heavy atom. The second-order valence-corrected chi connectivity index (χ2v) is 4.84. The fraction of sp³-hybridized carbons (Fsp3) is 0.417. The molecule has 1 aromatic heterocycles. The Labute approximate surface area is 99.0 Å². The molecule has 0 unspecified atom stereocenters. The molecule has 0 bridgehead atoms. The fourth-order valence-corrected chi connectivity index (χ4v) is 2.57. The summed E-state index contributed by atoms with van der Waals surface area (Å²) in [6.07, 6.45) is 5.33. The number of nitrogens with zero attached hydrogens (tertiary/aromatic N) is 1. The van der Waals surface area contributed by atoms with Crippen LogP contribution >= 0.6 is 11.3 Å². The van der Waals surface area contributed by atoms with E-state index in [0.29, 0.717) is 0 Å². The van der Waals surface area contributed by atoms with Crippen LogP contribution < -0.4 is 0 Å². The van der Waals surface area contributed by atoms with Crippen molar-refractivity contribution >= 4 is 23.3 Å². The molecular weight excluding hydrogens is 222 g/mol. The molecule has 4 heteroatoms. The third-order valence-electron chi connectivity index (χ3n) is 2.80. The molecule has 3 nitrogen and oxygen atoms in total. The maximum absolute atomic E-state index is 11.8. The summed E-state index contributed by atoms with van der Waals surface area (Å²) >= 11 is 1.61. The summed E-state index contributed by atoms with van der Waals surface area (Å²) in [4.78, 5) is 14.7. The van der Waals surface area contributed by atoms with Crippen LogP contribution in [0.1, 0.15) is 17.7 Å². The second kappa shape index (κ2) is 5.27. The van der Waals surface area contributed by atoms with Crippen LogP contribution in [0.25, 0.3) is 6.08 Å². The van der Waals surface area contributed by atoms with Crippen molar-refractivity contribution in [2.24, 2.45) is 0 Å². The number of likely N-dealkylation sites (tertiary alicyclic amines) is 1. The van der Waals surface area contributed by atoms with E-state index in [9.17, 15) is 4.79 Å². The number of thiophene rings is 1. The number of aliphatic hydroxyl groups excluding tert-OH is 1. The quantitative estimate of drug-likeness (QED) is 0.814. The highest BCUT2D eigenvalue weighted by atomic mass is 32.1. The minimum Gasteiger partial charge on any atom is -0.394 e. The zero-order valence-corrected chi connectivity index (χ0v) is 9.82. The van der Waals surface area contributed by atoms with Gasteiger partial charge in [-0.3, -0.25) is 4.79 Å². The van der Waals surface area contributed by atoms with Gasteiger partial charge in [0.15, 0.2) is 0 Å².